The number of carbonyl (C=O) groups is 1. The van der Waals surface area contributed by atoms with Gasteiger partial charge in [0.2, 0.25) is 5.72 Å². The molecule has 1 rings (SSSR count). The standard InChI is InChI=1S/C9H16N2O2S/c1-8(2,3)13-9(7(12)11-9)5-4-6(10)14/h4-5H2,1-3H3,(H2,10,14)(H,11,12). The summed E-state index contributed by atoms with van der Waals surface area (Å²) >= 11 is 4.75. The van der Waals surface area contributed by atoms with Crippen LogP contribution in [0.5, 0.6) is 0 Å². The van der Waals surface area contributed by atoms with E-state index in [9.17, 15) is 4.79 Å². The number of hydrogen-bond donors (Lipinski definition) is 2. The fraction of sp³-hybridized carbons (Fsp3) is 0.778. The van der Waals surface area contributed by atoms with E-state index in [0.29, 0.717) is 17.8 Å². The van der Waals surface area contributed by atoms with Crippen molar-refractivity contribution < 1.29 is 9.53 Å². The van der Waals surface area contributed by atoms with Crippen LogP contribution >= 0.6 is 12.2 Å². The van der Waals surface area contributed by atoms with Crippen molar-refractivity contribution in [3.05, 3.63) is 0 Å². The fourth-order valence-electron chi connectivity index (χ4n) is 1.27. The molecular formula is C9H16N2O2S. The van der Waals surface area contributed by atoms with Gasteiger partial charge in [-0.15, -0.1) is 0 Å². The van der Waals surface area contributed by atoms with E-state index in [1.165, 1.54) is 0 Å². The highest BCUT2D eigenvalue weighted by molar-refractivity contribution is 7.80. The number of thiocarbonyl (C=S) groups is 1. The second-order valence-corrected chi connectivity index (χ2v) is 4.99. The Balaban J connectivity index is 2.52. The molecule has 1 aliphatic heterocycles. The van der Waals surface area contributed by atoms with E-state index in [2.05, 4.69) is 5.32 Å². The lowest BCUT2D eigenvalue weighted by molar-refractivity contribution is -0.129. The normalized spacial score (nSPS) is 25.8. The first-order valence-corrected chi connectivity index (χ1v) is 4.97. The minimum absolute atomic E-state index is 0.0799. The summed E-state index contributed by atoms with van der Waals surface area (Å²) < 4.78 is 5.62. The second kappa shape index (κ2) is 3.47. The smallest absolute Gasteiger partial charge is 0.276 e. The molecule has 0 aliphatic carbocycles. The molecule has 3 N–H and O–H groups in total. The average molecular weight is 216 g/mol. The van der Waals surface area contributed by atoms with Gasteiger partial charge in [0.15, 0.2) is 0 Å². The quantitative estimate of drug-likeness (QED) is 0.535. The van der Waals surface area contributed by atoms with E-state index in [-0.39, 0.29) is 11.5 Å². The lowest BCUT2D eigenvalue weighted by Gasteiger charge is -2.24. The topological polar surface area (TPSA) is 74.3 Å². The summed E-state index contributed by atoms with van der Waals surface area (Å²) in [4.78, 5) is 11.6. The van der Waals surface area contributed by atoms with Crippen LogP contribution in [0, 0.1) is 0 Å². The zero-order chi connectivity index (χ0) is 11.0. The molecule has 0 radical (unpaired) electrons. The molecule has 80 valence electrons. The minimum atomic E-state index is -0.832. The number of nitrogens with two attached hydrogens (primary N) is 1. The lowest BCUT2D eigenvalue weighted by atomic mass is 10.1. The van der Waals surface area contributed by atoms with E-state index in [0.717, 1.165) is 0 Å². The minimum Gasteiger partial charge on any atom is -0.393 e. The Morgan fingerprint density at radius 2 is 2.14 bits per heavy atom. The third-order valence-electron chi connectivity index (χ3n) is 1.82. The van der Waals surface area contributed by atoms with E-state index >= 15 is 0 Å². The van der Waals surface area contributed by atoms with E-state index in [4.69, 9.17) is 22.7 Å². The SMILES string of the molecule is CC(C)(C)OC1(CCC(N)=S)NC1=O. The van der Waals surface area contributed by atoms with Crippen LogP contribution in [0.2, 0.25) is 0 Å². The maximum Gasteiger partial charge on any atom is 0.276 e. The molecule has 1 fully saturated rings. The summed E-state index contributed by atoms with van der Waals surface area (Å²) in [5.41, 5.74) is 4.19. The summed E-state index contributed by atoms with van der Waals surface area (Å²) in [5, 5.41) is 2.68. The molecule has 1 atom stereocenters. The Morgan fingerprint density at radius 1 is 1.64 bits per heavy atom. The molecule has 1 saturated heterocycles. The third kappa shape index (κ3) is 2.92. The predicted octanol–water partition coefficient (Wildman–Crippen LogP) is 0.694. The highest BCUT2D eigenvalue weighted by atomic mass is 32.1. The number of hydrogen-bond acceptors (Lipinski definition) is 3. The first-order chi connectivity index (χ1) is 6.25. The summed E-state index contributed by atoms with van der Waals surface area (Å²) in [6.45, 7) is 5.72. The van der Waals surface area contributed by atoms with Crippen molar-refractivity contribution in [3.63, 3.8) is 0 Å². The Bertz CT molecular complexity index is 272. The molecule has 1 heterocycles. The largest absolute Gasteiger partial charge is 0.393 e. The summed E-state index contributed by atoms with van der Waals surface area (Å²) in [7, 11) is 0. The Labute approximate surface area is 89.2 Å². The van der Waals surface area contributed by atoms with Crippen LogP contribution in [0.15, 0.2) is 0 Å². The number of amides is 1. The zero-order valence-corrected chi connectivity index (χ0v) is 9.53. The first-order valence-electron chi connectivity index (χ1n) is 4.56. The van der Waals surface area contributed by atoms with Crippen molar-refractivity contribution in [1.29, 1.82) is 0 Å². The van der Waals surface area contributed by atoms with Gasteiger partial charge in [0.25, 0.3) is 5.91 Å². The van der Waals surface area contributed by atoms with Crippen molar-refractivity contribution in [2.24, 2.45) is 5.73 Å². The highest BCUT2D eigenvalue weighted by Crippen LogP contribution is 2.31. The van der Waals surface area contributed by atoms with Crippen molar-refractivity contribution in [1.82, 2.24) is 5.32 Å². The molecule has 4 nitrogen and oxygen atoms in total. The molecule has 0 saturated carbocycles. The van der Waals surface area contributed by atoms with Gasteiger partial charge >= 0.3 is 0 Å². The lowest BCUT2D eigenvalue weighted by Crippen LogP contribution is -2.33. The maximum absolute atomic E-state index is 11.2. The number of carbonyl (C=O) groups excluding carboxylic acids is 1. The molecule has 1 aliphatic rings. The molecule has 0 aromatic heterocycles. The third-order valence-corrected chi connectivity index (χ3v) is 2.03. The van der Waals surface area contributed by atoms with Crippen molar-refractivity contribution in [2.45, 2.75) is 44.9 Å². The highest BCUT2D eigenvalue weighted by Gasteiger charge is 2.56. The molecule has 1 unspecified atom stereocenters. The van der Waals surface area contributed by atoms with Gasteiger partial charge in [0, 0.05) is 12.8 Å². The van der Waals surface area contributed by atoms with Crippen LogP contribution in [0.3, 0.4) is 0 Å². The van der Waals surface area contributed by atoms with Crippen LogP contribution in [0.4, 0.5) is 0 Å². The van der Waals surface area contributed by atoms with E-state index < -0.39 is 5.72 Å². The van der Waals surface area contributed by atoms with Crippen LogP contribution in [0.1, 0.15) is 33.6 Å². The number of ether oxygens (including phenoxy) is 1. The molecule has 1 amide bonds. The Morgan fingerprint density at radius 3 is 2.43 bits per heavy atom. The molecule has 14 heavy (non-hydrogen) atoms. The average Bonchev–Trinajstić information content (AvgIpc) is 2.54. The van der Waals surface area contributed by atoms with Crippen molar-refractivity contribution in [3.8, 4) is 0 Å². The maximum atomic E-state index is 11.2. The van der Waals surface area contributed by atoms with Crippen molar-refractivity contribution in [2.75, 3.05) is 0 Å². The zero-order valence-electron chi connectivity index (χ0n) is 8.72. The predicted molar refractivity (Wildman–Crippen MR) is 57.7 cm³/mol. The van der Waals surface area contributed by atoms with Crippen LogP contribution < -0.4 is 11.1 Å². The molecule has 0 bridgehead atoms. The molecule has 0 aromatic rings. The first kappa shape index (κ1) is 11.4. The van der Waals surface area contributed by atoms with Gasteiger partial charge in [-0.05, 0) is 20.8 Å². The summed E-state index contributed by atoms with van der Waals surface area (Å²) in [6, 6.07) is 0. The van der Waals surface area contributed by atoms with E-state index in [1.807, 2.05) is 20.8 Å². The Kier molecular flexibility index (Phi) is 2.83. The number of nitrogens with one attached hydrogen (secondary N) is 1. The van der Waals surface area contributed by atoms with Gasteiger partial charge in [0.05, 0.1) is 10.6 Å². The van der Waals surface area contributed by atoms with Crippen LogP contribution in [-0.2, 0) is 9.53 Å². The van der Waals surface area contributed by atoms with Gasteiger partial charge in [0.1, 0.15) is 0 Å². The summed E-state index contributed by atoms with van der Waals surface area (Å²) in [6.07, 6.45) is 1.03. The van der Waals surface area contributed by atoms with Gasteiger partial charge in [-0.3, -0.25) is 4.79 Å². The summed E-state index contributed by atoms with van der Waals surface area (Å²) in [5.74, 6) is -0.0799. The monoisotopic (exact) mass is 216 g/mol. The van der Waals surface area contributed by atoms with Crippen LogP contribution in [-0.4, -0.2) is 22.2 Å². The Hall–Kier alpha value is -0.680. The van der Waals surface area contributed by atoms with Gasteiger partial charge in [-0.25, -0.2) is 0 Å². The fourth-order valence-corrected chi connectivity index (χ4v) is 1.38. The van der Waals surface area contributed by atoms with E-state index in [1.54, 1.807) is 0 Å². The second-order valence-electron chi connectivity index (χ2n) is 4.46. The van der Waals surface area contributed by atoms with Gasteiger partial charge in [-0.2, -0.15) is 0 Å². The molecule has 0 aromatic carbocycles. The van der Waals surface area contributed by atoms with Gasteiger partial charge < -0.3 is 15.8 Å². The molecule has 0 spiro atoms. The van der Waals surface area contributed by atoms with Crippen molar-refractivity contribution >= 4 is 23.1 Å². The molecular weight excluding hydrogens is 200 g/mol. The molecule has 5 heteroatoms. The number of rotatable bonds is 4. The van der Waals surface area contributed by atoms with Gasteiger partial charge in [-0.1, -0.05) is 12.2 Å². The van der Waals surface area contributed by atoms with Crippen LogP contribution in [0.25, 0.3) is 0 Å².